The summed E-state index contributed by atoms with van der Waals surface area (Å²) in [7, 11) is 3.71. The molecule has 0 bridgehead atoms. The van der Waals surface area contributed by atoms with Gasteiger partial charge in [-0.2, -0.15) is 13.2 Å². The highest BCUT2D eigenvalue weighted by atomic mass is 19.4. The van der Waals surface area contributed by atoms with Gasteiger partial charge < -0.3 is 10.2 Å². The van der Waals surface area contributed by atoms with Gasteiger partial charge in [-0.15, -0.1) is 0 Å². The molecule has 8 heteroatoms. The summed E-state index contributed by atoms with van der Waals surface area (Å²) in [6.07, 6.45) is -2.01. The molecule has 0 unspecified atom stereocenters. The second kappa shape index (κ2) is 7.16. The van der Waals surface area contributed by atoms with Crippen LogP contribution < -0.4 is 10.2 Å². The number of hydrogen-bond acceptors (Lipinski definition) is 4. The first kappa shape index (κ1) is 17.5. The first-order valence-electron chi connectivity index (χ1n) is 7.45. The maximum atomic E-state index is 12.3. The monoisotopic (exact) mass is 330 g/mol. The fourth-order valence-electron chi connectivity index (χ4n) is 2.60. The van der Waals surface area contributed by atoms with Crippen LogP contribution in [0.5, 0.6) is 0 Å². The minimum absolute atomic E-state index is 0.0512. The number of nitrogens with one attached hydrogen (secondary N) is 1. The van der Waals surface area contributed by atoms with Crippen molar-refractivity contribution in [1.82, 2.24) is 15.2 Å². The summed E-state index contributed by atoms with van der Waals surface area (Å²) >= 11 is 0. The summed E-state index contributed by atoms with van der Waals surface area (Å²) in [5.41, 5.74) is 0.445. The molecule has 1 aromatic rings. The van der Waals surface area contributed by atoms with Gasteiger partial charge >= 0.3 is 6.18 Å². The number of rotatable bonds is 5. The maximum Gasteiger partial charge on any atom is 0.401 e. The molecule has 128 valence electrons. The van der Waals surface area contributed by atoms with Crippen LogP contribution in [-0.4, -0.2) is 62.2 Å². The second-order valence-electron chi connectivity index (χ2n) is 6.01. The van der Waals surface area contributed by atoms with Crippen LogP contribution in [-0.2, 0) is 0 Å². The van der Waals surface area contributed by atoms with E-state index in [9.17, 15) is 18.0 Å². The van der Waals surface area contributed by atoms with Gasteiger partial charge in [-0.05, 0) is 31.0 Å². The highest BCUT2D eigenvalue weighted by Crippen LogP contribution is 2.22. The molecular weight excluding hydrogens is 309 g/mol. The summed E-state index contributed by atoms with van der Waals surface area (Å²) in [4.78, 5) is 19.4. The third-order valence-corrected chi connectivity index (χ3v) is 3.79. The normalized spacial score (nSPS) is 18.9. The number of carbonyl (C=O) groups excluding carboxylic acids is 1. The van der Waals surface area contributed by atoms with Gasteiger partial charge in [-0.1, -0.05) is 0 Å². The number of amides is 1. The summed E-state index contributed by atoms with van der Waals surface area (Å²) in [6, 6.07) is 3.43. The van der Waals surface area contributed by atoms with E-state index in [0.29, 0.717) is 31.6 Å². The van der Waals surface area contributed by atoms with Gasteiger partial charge in [-0.25, -0.2) is 4.98 Å². The lowest BCUT2D eigenvalue weighted by Gasteiger charge is -2.18. The number of halogens is 3. The molecule has 23 heavy (non-hydrogen) atoms. The average Bonchev–Trinajstić information content (AvgIpc) is 2.90. The lowest BCUT2D eigenvalue weighted by molar-refractivity contribution is -0.143. The predicted octanol–water partition coefficient (Wildman–Crippen LogP) is 1.76. The third kappa shape index (κ3) is 5.38. The molecule has 0 saturated carbocycles. The number of alkyl halides is 3. The number of anilines is 1. The van der Waals surface area contributed by atoms with E-state index < -0.39 is 12.7 Å². The molecule has 2 heterocycles. The molecule has 1 atom stereocenters. The zero-order chi connectivity index (χ0) is 17.0. The Morgan fingerprint density at radius 3 is 2.74 bits per heavy atom. The number of nitrogens with zero attached hydrogens (tertiary/aromatic N) is 3. The van der Waals surface area contributed by atoms with E-state index in [-0.39, 0.29) is 11.8 Å². The van der Waals surface area contributed by atoms with Gasteiger partial charge in [0, 0.05) is 33.4 Å². The zero-order valence-corrected chi connectivity index (χ0v) is 13.2. The molecule has 0 aliphatic carbocycles. The predicted molar refractivity (Wildman–Crippen MR) is 81.5 cm³/mol. The molecule has 1 amide bonds. The first-order valence-corrected chi connectivity index (χ1v) is 7.45. The van der Waals surface area contributed by atoms with E-state index in [1.54, 1.807) is 12.1 Å². The van der Waals surface area contributed by atoms with Crippen molar-refractivity contribution in [3.63, 3.8) is 0 Å². The molecule has 0 spiro atoms. The fourth-order valence-corrected chi connectivity index (χ4v) is 2.60. The number of carbonyl (C=O) groups is 1. The molecule has 5 nitrogen and oxygen atoms in total. The standard InChI is InChI=1S/C15H21F3N4O/c1-21(2)13-4-3-12(8-19-13)14(23)20-7-11-5-6-22(9-11)10-15(16,17)18/h3-4,8,11H,5-7,9-10H2,1-2H3,(H,20,23)/t11-/m0/s1. The van der Waals surface area contributed by atoms with Crippen molar-refractivity contribution >= 4 is 11.7 Å². The topological polar surface area (TPSA) is 48.5 Å². The second-order valence-corrected chi connectivity index (χ2v) is 6.01. The highest BCUT2D eigenvalue weighted by Gasteiger charge is 2.34. The number of hydrogen-bond donors (Lipinski definition) is 1. The summed E-state index contributed by atoms with van der Waals surface area (Å²) in [5.74, 6) is 0.549. The Morgan fingerprint density at radius 1 is 1.43 bits per heavy atom. The van der Waals surface area contributed by atoms with Gasteiger partial charge in [0.25, 0.3) is 5.91 Å². The molecule has 1 aliphatic rings. The van der Waals surface area contributed by atoms with Crippen molar-refractivity contribution in [3.05, 3.63) is 23.9 Å². The van der Waals surface area contributed by atoms with Crippen LogP contribution in [0.25, 0.3) is 0 Å². The number of aromatic nitrogens is 1. The summed E-state index contributed by atoms with van der Waals surface area (Å²) < 4.78 is 37.0. The van der Waals surface area contributed by atoms with Crippen LogP contribution in [0.1, 0.15) is 16.8 Å². The van der Waals surface area contributed by atoms with E-state index in [2.05, 4.69) is 10.3 Å². The van der Waals surface area contributed by atoms with Gasteiger partial charge in [0.05, 0.1) is 12.1 Å². The fraction of sp³-hybridized carbons (Fsp3) is 0.600. The quantitative estimate of drug-likeness (QED) is 0.894. The van der Waals surface area contributed by atoms with Crippen molar-refractivity contribution in [1.29, 1.82) is 0 Å². The van der Waals surface area contributed by atoms with Crippen molar-refractivity contribution in [2.45, 2.75) is 12.6 Å². The molecule has 0 radical (unpaired) electrons. The van der Waals surface area contributed by atoms with E-state index in [1.807, 2.05) is 19.0 Å². The highest BCUT2D eigenvalue weighted by molar-refractivity contribution is 5.94. The average molecular weight is 330 g/mol. The van der Waals surface area contributed by atoms with Crippen molar-refractivity contribution in [2.75, 3.05) is 45.2 Å². The third-order valence-electron chi connectivity index (χ3n) is 3.79. The van der Waals surface area contributed by atoms with E-state index in [4.69, 9.17) is 0 Å². The molecule has 1 aromatic heterocycles. The Bertz CT molecular complexity index is 531. The van der Waals surface area contributed by atoms with Crippen LogP contribution in [0, 0.1) is 5.92 Å². The number of pyridine rings is 1. The van der Waals surface area contributed by atoms with Crippen LogP contribution >= 0.6 is 0 Å². The zero-order valence-electron chi connectivity index (χ0n) is 13.2. The summed E-state index contributed by atoms with van der Waals surface area (Å²) in [6.45, 7) is 0.271. The van der Waals surface area contributed by atoms with Gasteiger partial charge in [0.1, 0.15) is 5.82 Å². The minimum Gasteiger partial charge on any atom is -0.363 e. The molecule has 1 aliphatic heterocycles. The Labute approximate surface area is 133 Å². The molecule has 2 rings (SSSR count). The van der Waals surface area contributed by atoms with Crippen molar-refractivity contribution in [3.8, 4) is 0 Å². The van der Waals surface area contributed by atoms with E-state index in [1.165, 1.54) is 11.1 Å². The van der Waals surface area contributed by atoms with Gasteiger partial charge in [0.15, 0.2) is 0 Å². The Balaban J connectivity index is 1.79. The van der Waals surface area contributed by atoms with Crippen LogP contribution in [0.3, 0.4) is 0 Å². The van der Waals surface area contributed by atoms with Crippen LogP contribution in [0.2, 0.25) is 0 Å². The minimum atomic E-state index is -4.17. The van der Waals surface area contributed by atoms with Gasteiger partial charge in [0.2, 0.25) is 0 Å². The maximum absolute atomic E-state index is 12.3. The largest absolute Gasteiger partial charge is 0.401 e. The smallest absolute Gasteiger partial charge is 0.363 e. The Morgan fingerprint density at radius 2 is 2.17 bits per heavy atom. The van der Waals surface area contributed by atoms with Crippen LogP contribution in [0.4, 0.5) is 19.0 Å². The lowest BCUT2D eigenvalue weighted by atomic mass is 10.1. The van der Waals surface area contributed by atoms with Crippen molar-refractivity contribution in [2.24, 2.45) is 5.92 Å². The SMILES string of the molecule is CN(C)c1ccc(C(=O)NC[C@@H]2CCN(CC(F)(F)F)C2)cn1. The lowest BCUT2D eigenvalue weighted by Crippen LogP contribution is -2.34. The van der Waals surface area contributed by atoms with E-state index in [0.717, 1.165) is 5.82 Å². The molecule has 0 aromatic carbocycles. The molecular formula is C15H21F3N4O. The Hall–Kier alpha value is -1.83. The van der Waals surface area contributed by atoms with Crippen LogP contribution in [0.15, 0.2) is 18.3 Å². The first-order chi connectivity index (χ1) is 10.7. The number of likely N-dealkylation sites (tertiary alicyclic amines) is 1. The Kier molecular flexibility index (Phi) is 5.46. The van der Waals surface area contributed by atoms with Crippen molar-refractivity contribution < 1.29 is 18.0 Å². The summed E-state index contributed by atoms with van der Waals surface area (Å²) in [5, 5.41) is 2.77. The van der Waals surface area contributed by atoms with E-state index >= 15 is 0 Å². The van der Waals surface area contributed by atoms with Gasteiger partial charge in [-0.3, -0.25) is 9.69 Å². The molecule has 1 N–H and O–H groups in total. The molecule has 1 fully saturated rings. The molecule has 1 saturated heterocycles.